The Morgan fingerprint density at radius 1 is 1.27 bits per heavy atom. The van der Waals surface area contributed by atoms with Crippen LogP contribution < -0.4 is 5.32 Å². The molecule has 2 heterocycles. The molecule has 0 aliphatic heterocycles. The number of aromatic nitrogens is 1. The molecule has 0 aromatic carbocycles. The minimum Gasteiger partial charge on any atom is -0.465 e. The van der Waals surface area contributed by atoms with Crippen LogP contribution in [0.5, 0.6) is 0 Å². The SMILES string of the molecule is CCOC(=O)c1cc(Br)nc(Nc2sc3c(c2C(=O)OC)CCCC3)c1. The number of halogens is 1. The van der Waals surface area contributed by atoms with Crippen LogP contribution >= 0.6 is 27.3 Å². The summed E-state index contributed by atoms with van der Waals surface area (Å²) >= 11 is 4.86. The van der Waals surface area contributed by atoms with Crippen LogP contribution in [-0.2, 0) is 22.3 Å². The van der Waals surface area contributed by atoms with Crippen molar-refractivity contribution in [1.82, 2.24) is 4.98 Å². The number of fused-ring (bicyclic) bond motifs is 1. The van der Waals surface area contributed by atoms with Crippen LogP contribution in [0.25, 0.3) is 0 Å². The molecule has 26 heavy (non-hydrogen) atoms. The molecule has 0 spiro atoms. The highest BCUT2D eigenvalue weighted by Gasteiger charge is 2.26. The Balaban J connectivity index is 1.97. The number of nitrogens with zero attached hydrogens (tertiary/aromatic N) is 1. The van der Waals surface area contributed by atoms with Gasteiger partial charge in [-0.2, -0.15) is 0 Å². The van der Waals surface area contributed by atoms with Crippen molar-refractivity contribution in [2.75, 3.05) is 19.0 Å². The quantitative estimate of drug-likeness (QED) is 0.547. The topological polar surface area (TPSA) is 77.5 Å². The molecule has 2 aromatic rings. The summed E-state index contributed by atoms with van der Waals surface area (Å²) in [7, 11) is 1.38. The van der Waals surface area contributed by atoms with Crippen molar-refractivity contribution < 1.29 is 19.1 Å². The standard InChI is InChI=1S/C18H19BrN2O4S/c1-3-25-17(22)10-8-13(19)20-14(9-10)21-16-15(18(23)24-2)11-6-4-5-7-12(11)26-16/h8-9H,3-7H2,1-2H3,(H,20,21). The van der Waals surface area contributed by atoms with Gasteiger partial charge in [-0.3, -0.25) is 0 Å². The molecule has 8 heteroatoms. The molecule has 0 bridgehead atoms. The maximum absolute atomic E-state index is 12.3. The Labute approximate surface area is 164 Å². The summed E-state index contributed by atoms with van der Waals surface area (Å²) in [5, 5.41) is 3.89. The van der Waals surface area contributed by atoms with E-state index in [0.717, 1.165) is 31.2 Å². The number of aryl methyl sites for hydroxylation is 1. The molecule has 0 amide bonds. The van der Waals surface area contributed by atoms with Crippen molar-refractivity contribution >= 4 is 50.0 Å². The van der Waals surface area contributed by atoms with Gasteiger partial charge in [-0.1, -0.05) is 0 Å². The molecule has 138 valence electrons. The van der Waals surface area contributed by atoms with E-state index in [1.165, 1.54) is 12.0 Å². The van der Waals surface area contributed by atoms with Gasteiger partial charge in [0.25, 0.3) is 0 Å². The van der Waals surface area contributed by atoms with Crippen LogP contribution in [0, 0.1) is 0 Å². The second-order valence-electron chi connectivity index (χ2n) is 5.82. The van der Waals surface area contributed by atoms with Gasteiger partial charge in [0.15, 0.2) is 0 Å². The number of rotatable bonds is 5. The molecule has 0 radical (unpaired) electrons. The van der Waals surface area contributed by atoms with Crippen LogP contribution in [0.3, 0.4) is 0 Å². The number of pyridine rings is 1. The Kier molecular flexibility index (Phi) is 5.93. The number of carbonyl (C=O) groups is 2. The Bertz CT molecular complexity index is 850. The number of esters is 2. The van der Waals surface area contributed by atoms with Gasteiger partial charge in [0.1, 0.15) is 15.4 Å². The Morgan fingerprint density at radius 2 is 2.04 bits per heavy atom. The average molecular weight is 439 g/mol. The summed E-state index contributed by atoms with van der Waals surface area (Å²) in [6.45, 7) is 2.05. The number of ether oxygens (including phenoxy) is 2. The predicted molar refractivity (Wildman–Crippen MR) is 103 cm³/mol. The maximum atomic E-state index is 12.3. The second-order valence-corrected chi connectivity index (χ2v) is 7.73. The third-order valence-corrected chi connectivity index (χ3v) is 5.72. The average Bonchev–Trinajstić information content (AvgIpc) is 2.98. The van der Waals surface area contributed by atoms with Crippen LogP contribution in [0.2, 0.25) is 0 Å². The number of nitrogens with one attached hydrogen (secondary N) is 1. The molecule has 0 fully saturated rings. The molecule has 0 saturated heterocycles. The molecule has 2 aromatic heterocycles. The van der Waals surface area contributed by atoms with Crippen LogP contribution in [0.4, 0.5) is 10.8 Å². The highest BCUT2D eigenvalue weighted by Crippen LogP contribution is 2.39. The van der Waals surface area contributed by atoms with Gasteiger partial charge in [0, 0.05) is 4.88 Å². The van der Waals surface area contributed by atoms with Gasteiger partial charge in [-0.05, 0) is 66.2 Å². The van der Waals surface area contributed by atoms with E-state index in [1.54, 1.807) is 30.4 Å². The number of hydrogen-bond donors (Lipinski definition) is 1. The monoisotopic (exact) mass is 438 g/mol. The number of anilines is 2. The predicted octanol–water partition coefficient (Wildman–Crippen LogP) is 4.49. The third kappa shape index (κ3) is 3.91. The van der Waals surface area contributed by atoms with E-state index in [4.69, 9.17) is 9.47 Å². The summed E-state index contributed by atoms with van der Waals surface area (Å²) in [5.41, 5.74) is 2.03. The van der Waals surface area contributed by atoms with E-state index in [1.807, 2.05) is 0 Å². The number of carbonyl (C=O) groups excluding carboxylic acids is 2. The van der Waals surface area contributed by atoms with Gasteiger partial charge in [0.2, 0.25) is 0 Å². The van der Waals surface area contributed by atoms with E-state index in [2.05, 4.69) is 26.2 Å². The van der Waals surface area contributed by atoms with Crippen molar-refractivity contribution in [2.45, 2.75) is 32.6 Å². The highest BCUT2D eigenvalue weighted by atomic mass is 79.9. The molecule has 0 unspecified atom stereocenters. The van der Waals surface area contributed by atoms with Crippen molar-refractivity contribution in [3.05, 3.63) is 38.3 Å². The van der Waals surface area contributed by atoms with Gasteiger partial charge in [-0.15, -0.1) is 11.3 Å². The summed E-state index contributed by atoms with van der Waals surface area (Å²) in [6.07, 6.45) is 4.02. The zero-order chi connectivity index (χ0) is 18.7. The first-order valence-electron chi connectivity index (χ1n) is 8.38. The molecule has 6 nitrogen and oxygen atoms in total. The molecular formula is C18H19BrN2O4S. The fraction of sp³-hybridized carbons (Fsp3) is 0.389. The summed E-state index contributed by atoms with van der Waals surface area (Å²) in [4.78, 5) is 29.9. The number of thiophene rings is 1. The van der Waals surface area contributed by atoms with E-state index >= 15 is 0 Å². The lowest BCUT2D eigenvalue weighted by Crippen LogP contribution is -2.10. The van der Waals surface area contributed by atoms with E-state index in [9.17, 15) is 9.59 Å². The van der Waals surface area contributed by atoms with Crippen LogP contribution in [0.15, 0.2) is 16.7 Å². The lowest BCUT2D eigenvalue weighted by molar-refractivity contribution is 0.0525. The minimum absolute atomic E-state index is 0.297. The zero-order valence-corrected chi connectivity index (χ0v) is 17.0. The summed E-state index contributed by atoms with van der Waals surface area (Å²) in [5.74, 6) is -0.309. The summed E-state index contributed by atoms with van der Waals surface area (Å²) < 4.78 is 10.5. The molecule has 1 aliphatic rings. The lowest BCUT2D eigenvalue weighted by atomic mass is 9.95. The molecule has 0 saturated carbocycles. The second kappa shape index (κ2) is 8.18. The van der Waals surface area contributed by atoms with Crippen LogP contribution in [0.1, 0.15) is 50.9 Å². The maximum Gasteiger partial charge on any atom is 0.341 e. The van der Waals surface area contributed by atoms with Crippen molar-refractivity contribution in [2.24, 2.45) is 0 Å². The first-order chi connectivity index (χ1) is 12.5. The number of methoxy groups -OCH3 is 1. The summed E-state index contributed by atoms with van der Waals surface area (Å²) in [6, 6.07) is 3.21. The van der Waals surface area contributed by atoms with E-state index in [0.29, 0.717) is 33.2 Å². The van der Waals surface area contributed by atoms with Crippen LogP contribution in [-0.4, -0.2) is 30.6 Å². The van der Waals surface area contributed by atoms with Gasteiger partial charge in [0.05, 0.1) is 24.8 Å². The molecular weight excluding hydrogens is 420 g/mol. The smallest absolute Gasteiger partial charge is 0.341 e. The largest absolute Gasteiger partial charge is 0.465 e. The van der Waals surface area contributed by atoms with Gasteiger partial charge < -0.3 is 14.8 Å². The first kappa shape index (κ1) is 18.8. The Morgan fingerprint density at radius 3 is 2.77 bits per heavy atom. The van der Waals surface area contributed by atoms with E-state index < -0.39 is 5.97 Å². The van der Waals surface area contributed by atoms with Gasteiger partial charge in [-0.25, -0.2) is 14.6 Å². The number of hydrogen-bond acceptors (Lipinski definition) is 7. The zero-order valence-electron chi connectivity index (χ0n) is 14.6. The first-order valence-corrected chi connectivity index (χ1v) is 9.99. The molecule has 0 atom stereocenters. The van der Waals surface area contributed by atoms with Crippen molar-refractivity contribution in [3.63, 3.8) is 0 Å². The van der Waals surface area contributed by atoms with Crippen molar-refractivity contribution in [3.8, 4) is 0 Å². The molecule has 3 rings (SSSR count). The molecule has 1 aliphatic carbocycles. The lowest BCUT2D eigenvalue weighted by Gasteiger charge is -2.12. The third-order valence-electron chi connectivity index (χ3n) is 4.11. The fourth-order valence-electron chi connectivity index (χ4n) is 2.98. The minimum atomic E-state index is -0.419. The Hall–Kier alpha value is -1.93. The van der Waals surface area contributed by atoms with E-state index in [-0.39, 0.29) is 5.97 Å². The molecule has 1 N–H and O–H groups in total. The highest BCUT2D eigenvalue weighted by molar-refractivity contribution is 9.10. The normalized spacial score (nSPS) is 13.0. The van der Waals surface area contributed by atoms with Crippen molar-refractivity contribution in [1.29, 1.82) is 0 Å². The van der Waals surface area contributed by atoms with Gasteiger partial charge >= 0.3 is 11.9 Å². The fourth-order valence-corrected chi connectivity index (χ4v) is 4.70.